The van der Waals surface area contributed by atoms with E-state index in [9.17, 15) is 18.0 Å². The van der Waals surface area contributed by atoms with Gasteiger partial charge < -0.3 is 10.2 Å². The van der Waals surface area contributed by atoms with Crippen LogP contribution in [0.1, 0.15) is 51.2 Å². The molecule has 0 saturated carbocycles. The van der Waals surface area contributed by atoms with E-state index in [0.29, 0.717) is 20.8 Å². The average Bonchev–Trinajstić information content (AvgIpc) is 2.82. The Bertz CT molecular complexity index is 1220. The fourth-order valence-corrected chi connectivity index (χ4v) is 5.22. The molecule has 37 heavy (non-hydrogen) atoms. The molecule has 0 aromatic heterocycles. The molecular formula is C26H34Cl3N3O4S. The Balaban J connectivity index is 2.24. The van der Waals surface area contributed by atoms with Crippen molar-refractivity contribution < 1.29 is 18.0 Å². The van der Waals surface area contributed by atoms with Gasteiger partial charge in [-0.15, -0.1) is 0 Å². The molecule has 7 nitrogen and oxygen atoms in total. The van der Waals surface area contributed by atoms with Gasteiger partial charge in [-0.2, -0.15) is 0 Å². The Morgan fingerprint density at radius 3 is 2.30 bits per heavy atom. The van der Waals surface area contributed by atoms with Gasteiger partial charge in [0.25, 0.3) is 0 Å². The lowest BCUT2D eigenvalue weighted by Crippen LogP contribution is -2.49. The van der Waals surface area contributed by atoms with Gasteiger partial charge >= 0.3 is 0 Å². The monoisotopic (exact) mass is 589 g/mol. The van der Waals surface area contributed by atoms with E-state index in [1.165, 1.54) is 9.21 Å². The summed E-state index contributed by atoms with van der Waals surface area (Å²) in [6.07, 6.45) is 2.15. The Morgan fingerprint density at radius 2 is 1.70 bits per heavy atom. The maximum atomic E-state index is 13.4. The van der Waals surface area contributed by atoms with Gasteiger partial charge in [0.2, 0.25) is 21.8 Å². The number of nitrogens with one attached hydrogen (secondary N) is 1. The number of rotatable bonds is 12. The van der Waals surface area contributed by atoms with Crippen LogP contribution in [0.2, 0.25) is 15.1 Å². The van der Waals surface area contributed by atoms with Crippen molar-refractivity contribution in [1.29, 1.82) is 0 Å². The lowest BCUT2D eigenvalue weighted by Gasteiger charge is -2.30. The summed E-state index contributed by atoms with van der Waals surface area (Å²) < 4.78 is 26.3. The van der Waals surface area contributed by atoms with E-state index in [1.807, 2.05) is 13.8 Å². The highest BCUT2D eigenvalue weighted by Gasteiger charge is 2.27. The molecule has 0 radical (unpaired) electrons. The number of amides is 2. The smallest absolute Gasteiger partial charge is 0.242 e. The fourth-order valence-electron chi connectivity index (χ4n) is 3.72. The summed E-state index contributed by atoms with van der Waals surface area (Å²) >= 11 is 18.3. The fraction of sp³-hybridized carbons (Fsp3) is 0.462. The van der Waals surface area contributed by atoms with Gasteiger partial charge in [0.15, 0.2) is 0 Å². The van der Waals surface area contributed by atoms with E-state index in [2.05, 4.69) is 5.32 Å². The summed E-state index contributed by atoms with van der Waals surface area (Å²) in [5, 5.41) is 4.08. The first-order valence-electron chi connectivity index (χ1n) is 12.0. The number of anilines is 1. The molecule has 0 bridgehead atoms. The second-order valence-corrected chi connectivity index (χ2v) is 12.3. The molecule has 2 aromatic carbocycles. The quantitative estimate of drug-likeness (QED) is 0.337. The van der Waals surface area contributed by atoms with Crippen molar-refractivity contribution in [3.8, 4) is 0 Å². The maximum Gasteiger partial charge on any atom is 0.242 e. The van der Waals surface area contributed by atoms with Crippen molar-refractivity contribution in [3.05, 3.63) is 62.6 Å². The van der Waals surface area contributed by atoms with Crippen LogP contribution < -0.4 is 9.62 Å². The second-order valence-electron chi connectivity index (χ2n) is 9.13. The largest absolute Gasteiger partial charge is 0.352 e. The molecular weight excluding hydrogens is 557 g/mol. The highest BCUT2D eigenvalue weighted by atomic mass is 35.5. The first-order valence-corrected chi connectivity index (χ1v) is 15.0. The molecule has 0 aliphatic heterocycles. The molecule has 1 N–H and O–H groups in total. The third kappa shape index (κ3) is 9.06. The Morgan fingerprint density at radius 1 is 1.03 bits per heavy atom. The summed E-state index contributed by atoms with van der Waals surface area (Å²) in [6, 6.07) is 9.30. The van der Waals surface area contributed by atoms with Crippen LogP contribution in [0.15, 0.2) is 36.4 Å². The SMILES string of the molecule is CC[C@@H](C)NC(=O)[C@@H](C)N(Cc1ccc(Cl)c(Cl)c1)C(=O)CCCN(c1cc(Cl)ccc1C)S(C)(=O)=O. The van der Waals surface area contributed by atoms with E-state index >= 15 is 0 Å². The molecule has 0 unspecified atom stereocenters. The predicted octanol–water partition coefficient (Wildman–Crippen LogP) is 5.83. The second kappa shape index (κ2) is 13.7. The Hall–Kier alpha value is -2.00. The highest BCUT2D eigenvalue weighted by molar-refractivity contribution is 7.92. The lowest BCUT2D eigenvalue weighted by molar-refractivity contribution is -0.140. The van der Waals surface area contributed by atoms with Gasteiger partial charge in [0.1, 0.15) is 6.04 Å². The predicted molar refractivity (Wildman–Crippen MR) is 152 cm³/mol. The van der Waals surface area contributed by atoms with Gasteiger partial charge in [0.05, 0.1) is 22.0 Å². The molecule has 0 spiro atoms. The molecule has 0 aliphatic rings. The summed E-state index contributed by atoms with van der Waals surface area (Å²) in [4.78, 5) is 27.8. The first kappa shape index (κ1) is 31.2. The molecule has 0 fully saturated rings. The first-order chi connectivity index (χ1) is 17.2. The van der Waals surface area contributed by atoms with Gasteiger partial charge in [-0.1, -0.05) is 53.9 Å². The molecule has 2 atom stereocenters. The number of benzene rings is 2. The standard InChI is InChI=1S/C26H34Cl3N3O4S/c1-6-18(3)30-26(34)19(4)31(16-20-10-12-22(28)23(29)14-20)25(33)8-7-13-32(37(5,35)36)24-15-21(27)11-9-17(24)2/h9-12,14-15,18-19H,6-8,13,16H2,1-5H3,(H,30,34)/t18-,19-/m1/s1. The minimum absolute atomic E-state index is 0.0356. The van der Waals surface area contributed by atoms with E-state index in [4.69, 9.17) is 34.8 Å². The lowest BCUT2D eigenvalue weighted by atomic mass is 10.1. The van der Waals surface area contributed by atoms with Crippen LogP contribution in [0.25, 0.3) is 0 Å². The number of halogens is 3. The van der Waals surface area contributed by atoms with Crippen LogP contribution in [-0.4, -0.2) is 50.0 Å². The Labute approximate surface area is 235 Å². The molecule has 0 heterocycles. The molecule has 2 aromatic rings. The van der Waals surface area contributed by atoms with E-state index < -0.39 is 16.1 Å². The number of nitrogens with zero attached hydrogens (tertiary/aromatic N) is 2. The van der Waals surface area contributed by atoms with E-state index in [-0.39, 0.29) is 43.8 Å². The topological polar surface area (TPSA) is 86.8 Å². The number of sulfonamides is 1. The molecule has 2 rings (SSSR count). The summed E-state index contributed by atoms with van der Waals surface area (Å²) in [5.74, 6) is -0.552. The molecule has 0 aliphatic carbocycles. The summed E-state index contributed by atoms with van der Waals surface area (Å²) in [6.45, 7) is 7.56. The average molecular weight is 591 g/mol. The molecule has 0 saturated heterocycles. The zero-order valence-electron chi connectivity index (χ0n) is 21.7. The highest BCUT2D eigenvalue weighted by Crippen LogP contribution is 2.27. The van der Waals surface area contributed by atoms with Crippen molar-refractivity contribution in [1.82, 2.24) is 10.2 Å². The van der Waals surface area contributed by atoms with Gasteiger partial charge in [-0.3, -0.25) is 13.9 Å². The summed E-state index contributed by atoms with van der Waals surface area (Å²) in [7, 11) is -3.62. The van der Waals surface area contributed by atoms with Crippen LogP contribution in [0, 0.1) is 6.92 Å². The molecule has 11 heteroatoms. The molecule has 2 amide bonds. The van der Waals surface area contributed by atoms with Crippen molar-refractivity contribution in [2.45, 2.75) is 65.6 Å². The Kier molecular flexibility index (Phi) is 11.6. The van der Waals surface area contributed by atoms with E-state index in [0.717, 1.165) is 23.8 Å². The van der Waals surface area contributed by atoms with Crippen LogP contribution in [0.3, 0.4) is 0 Å². The van der Waals surface area contributed by atoms with Gasteiger partial charge in [-0.05, 0) is 69.0 Å². The maximum absolute atomic E-state index is 13.4. The number of carbonyl (C=O) groups excluding carboxylic acids is 2. The summed E-state index contributed by atoms with van der Waals surface area (Å²) in [5.41, 5.74) is 1.94. The number of hydrogen-bond donors (Lipinski definition) is 1. The minimum atomic E-state index is -3.62. The van der Waals surface area contributed by atoms with Crippen molar-refractivity contribution >= 4 is 62.3 Å². The number of carbonyl (C=O) groups is 2. The molecule has 204 valence electrons. The van der Waals surface area contributed by atoms with Crippen molar-refractivity contribution in [2.75, 3.05) is 17.1 Å². The third-order valence-corrected chi connectivity index (χ3v) is 8.25. The van der Waals surface area contributed by atoms with Crippen LogP contribution in [0.5, 0.6) is 0 Å². The number of aryl methyl sites for hydroxylation is 1. The minimum Gasteiger partial charge on any atom is -0.352 e. The van der Waals surface area contributed by atoms with Crippen molar-refractivity contribution in [2.24, 2.45) is 0 Å². The third-order valence-electron chi connectivity index (χ3n) is 6.10. The van der Waals surface area contributed by atoms with Gasteiger partial charge in [0, 0.05) is 30.6 Å². The zero-order chi connectivity index (χ0) is 27.9. The van der Waals surface area contributed by atoms with Crippen LogP contribution >= 0.6 is 34.8 Å². The normalized spacial score (nSPS) is 13.1. The zero-order valence-corrected chi connectivity index (χ0v) is 24.8. The van der Waals surface area contributed by atoms with E-state index in [1.54, 1.807) is 50.2 Å². The number of hydrogen-bond acceptors (Lipinski definition) is 4. The van der Waals surface area contributed by atoms with Gasteiger partial charge in [-0.25, -0.2) is 8.42 Å². The van der Waals surface area contributed by atoms with Crippen molar-refractivity contribution in [3.63, 3.8) is 0 Å². The van der Waals surface area contributed by atoms with Crippen LogP contribution in [-0.2, 0) is 26.2 Å². The van der Waals surface area contributed by atoms with Crippen LogP contribution in [0.4, 0.5) is 5.69 Å².